The Morgan fingerprint density at radius 3 is 2.43 bits per heavy atom. The number of hydrogen-bond acceptors (Lipinski definition) is 4. The van der Waals surface area contributed by atoms with Gasteiger partial charge in [0, 0.05) is 20.6 Å². The molecule has 4 rings (SSSR count). The van der Waals surface area contributed by atoms with E-state index < -0.39 is 10.0 Å². The Labute approximate surface area is 176 Å². The van der Waals surface area contributed by atoms with Gasteiger partial charge in [-0.15, -0.1) is 0 Å². The van der Waals surface area contributed by atoms with Crippen LogP contribution in [0.15, 0.2) is 83.8 Å². The molecular formula is C23H23N3O3S. The van der Waals surface area contributed by atoms with Crippen molar-refractivity contribution in [3.8, 4) is 5.75 Å². The van der Waals surface area contributed by atoms with Gasteiger partial charge in [0.2, 0.25) is 10.0 Å². The van der Waals surface area contributed by atoms with Gasteiger partial charge in [-0.2, -0.15) is 0 Å². The highest BCUT2D eigenvalue weighted by molar-refractivity contribution is 7.89. The molecule has 0 amide bonds. The maximum absolute atomic E-state index is 12.5. The van der Waals surface area contributed by atoms with Gasteiger partial charge in [-0.1, -0.05) is 42.5 Å². The number of sulfonamides is 1. The smallest absolute Gasteiger partial charge is 0.242 e. The van der Waals surface area contributed by atoms with E-state index in [1.807, 2.05) is 60.7 Å². The van der Waals surface area contributed by atoms with Crippen LogP contribution in [-0.4, -0.2) is 36.4 Å². The molecule has 0 fully saturated rings. The number of para-hydroxylation sites is 3. The molecule has 4 aromatic rings. The van der Waals surface area contributed by atoms with Crippen LogP contribution >= 0.6 is 0 Å². The fourth-order valence-corrected chi connectivity index (χ4v) is 4.25. The molecule has 0 spiro atoms. The monoisotopic (exact) mass is 421 g/mol. The van der Waals surface area contributed by atoms with Crippen molar-refractivity contribution in [2.45, 2.75) is 18.0 Å². The standard InChI is InChI=1S/C23H23N3O3S/c1-25(2)30(27,28)20-12-8-9-18(15-20)16-26-22-14-7-6-13-21(22)24-23(26)17-29-19-10-4-3-5-11-19/h3-15H,16-17H2,1-2H3. The number of aromatic nitrogens is 2. The van der Waals surface area contributed by atoms with E-state index in [2.05, 4.69) is 4.57 Å². The van der Waals surface area contributed by atoms with Crippen LogP contribution in [0, 0.1) is 0 Å². The fourth-order valence-electron chi connectivity index (χ4n) is 3.27. The minimum atomic E-state index is -3.49. The predicted molar refractivity (Wildman–Crippen MR) is 117 cm³/mol. The molecule has 0 aliphatic heterocycles. The molecule has 0 atom stereocenters. The van der Waals surface area contributed by atoms with E-state index in [9.17, 15) is 8.42 Å². The predicted octanol–water partition coefficient (Wildman–Crippen LogP) is 3.91. The maximum atomic E-state index is 12.5. The molecule has 7 heteroatoms. The lowest BCUT2D eigenvalue weighted by molar-refractivity contribution is 0.291. The highest BCUT2D eigenvalue weighted by Crippen LogP contribution is 2.21. The second-order valence-electron chi connectivity index (χ2n) is 7.14. The third-order valence-electron chi connectivity index (χ3n) is 4.86. The van der Waals surface area contributed by atoms with Gasteiger partial charge >= 0.3 is 0 Å². The van der Waals surface area contributed by atoms with Crippen molar-refractivity contribution in [3.05, 3.63) is 90.3 Å². The Morgan fingerprint density at radius 1 is 0.933 bits per heavy atom. The number of imidazole rings is 1. The number of fused-ring (bicyclic) bond motifs is 1. The van der Waals surface area contributed by atoms with Gasteiger partial charge in [0.05, 0.1) is 15.9 Å². The number of benzene rings is 3. The Bertz CT molecular complexity index is 1270. The van der Waals surface area contributed by atoms with Crippen molar-refractivity contribution in [1.29, 1.82) is 0 Å². The number of hydrogen-bond donors (Lipinski definition) is 0. The molecule has 0 aliphatic rings. The molecule has 0 saturated carbocycles. The molecular weight excluding hydrogens is 398 g/mol. The average Bonchev–Trinajstić information content (AvgIpc) is 3.10. The van der Waals surface area contributed by atoms with Crippen LogP contribution in [-0.2, 0) is 23.2 Å². The lowest BCUT2D eigenvalue weighted by Gasteiger charge is -2.14. The van der Waals surface area contributed by atoms with Crippen molar-refractivity contribution < 1.29 is 13.2 Å². The van der Waals surface area contributed by atoms with Crippen molar-refractivity contribution in [3.63, 3.8) is 0 Å². The largest absolute Gasteiger partial charge is 0.486 e. The highest BCUT2D eigenvalue weighted by atomic mass is 32.2. The van der Waals surface area contributed by atoms with Crippen LogP contribution in [0.5, 0.6) is 5.75 Å². The molecule has 0 aliphatic carbocycles. The lowest BCUT2D eigenvalue weighted by Crippen LogP contribution is -2.22. The molecule has 0 unspecified atom stereocenters. The van der Waals surface area contributed by atoms with Gasteiger partial charge in [-0.05, 0) is 42.0 Å². The van der Waals surface area contributed by atoms with Crippen molar-refractivity contribution in [1.82, 2.24) is 13.9 Å². The van der Waals surface area contributed by atoms with E-state index in [1.165, 1.54) is 18.4 Å². The van der Waals surface area contributed by atoms with E-state index >= 15 is 0 Å². The van der Waals surface area contributed by atoms with E-state index in [0.717, 1.165) is 28.2 Å². The molecule has 1 heterocycles. The van der Waals surface area contributed by atoms with Crippen LogP contribution in [0.1, 0.15) is 11.4 Å². The lowest BCUT2D eigenvalue weighted by atomic mass is 10.2. The summed E-state index contributed by atoms with van der Waals surface area (Å²) in [5.74, 6) is 1.55. The summed E-state index contributed by atoms with van der Waals surface area (Å²) in [5, 5.41) is 0. The van der Waals surface area contributed by atoms with Gasteiger partial charge in [-0.3, -0.25) is 0 Å². The van der Waals surface area contributed by atoms with Gasteiger partial charge in [0.15, 0.2) is 0 Å². The minimum Gasteiger partial charge on any atom is -0.486 e. The zero-order valence-electron chi connectivity index (χ0n) is 16.9. The molecule has 0 saturated heterocycles. The molecule has 0 bridgehead atoms. The Morgan fingerprint density at radius 2 is 1.67 bits per heavy atom. The summed E-state index contributed by atoms with van der Waals surface area (Å²) in [4.78, 5) is 5.01. The summed E-state index contributed by atoms with van der Waals surface area (Å²) >= 11 is 0. The molecule has 3 aromatic carbocycles. The first kappa shape index (κ1) is 20.1. The summed E-state index contributed by atoms with van der Waals surface area (Å²) in [6.45, 7) is 0.805. The second-order valence-corrected chi connectivity index (χ2v) is 9.29. The molecule has 0 radical (unpaired) electrons. The number of nitrogens with zero attached hydrogens (tertiary/aromatic N) is 3. The van der Waals surface area contributed by atoms with Crippen LogP contribution in [0.2, 0.25) is 0 Å². The molecule has 6 nitrogen and oxygen atoms in total. The van der Waals surface area contributed by atoms with Gasteiger partial charge < -0.3 is 9.30 Å². The number of ether oxygens (including phenoxy) is 1. The Kier molecular flexibility index (Phi) is 5.57. The SMILES string of the molecule is CN(C)S(=O)(=O)c1cccc(Cn2c(COc3ccccc3)nc3ccccc32)c1. The topological polar surface area (TPSA) is 64.4 Å². The zero-order valence-corrected chi connectivity index (χ0v) is 17.7. The molecule has 30 heavy (non-hydrogen) atoms. The molecule has 154 valence electrons. The van der Waals surface area contributed by atoms with Crippen molar-refractivity contribution >= 4 is 21.1 Å². The minimum absolute atomic E-state index is 0.275. The summed E-state index contributed by atoms with van der Waals surface area (Å²) in [6, 6.07) is 24.5. The summed E-state index contributed by atoms with van der Waals surface area (Å²) < 4.78 is 34.2. The third kappa shape index (κ3) is 4.08. The van der Waals surface area contributed by atoms with Gasteiger partial charge in [0.25, 0.3) is 0 Å². The van der Waals surface area contributed by atoms with Crippen molar-refractivity contribution in [2.75, 3.05) is 14.1 Å². The van der Waals surface area contributed by atoms with Gasteiger partial charge in [0.1, 0.15) is 18.2 Å². The van der Waals surface area contributed by atoms with E-state index in [0.29, 0.717) is 13.2 Å². The number of rotatable bonds is 7. The first-order valence-electron chi connectivity index (χ1n) is 9.58. The van der Waals surface area contributed by atoms with Gasteiger partial charge in [-0.25, -0.2) is 17.7 Å². The van der Waals surface area contributed by atoms with Crippen LogP contribution in [0.4, 0.5) is 0 Å². The normalized spacial score (nSPS) is 11.8. The van der Waals surface area contributed by atoms with Crippen molar-refractivity contribution in [2.24, 2.45) is 0 Å². The fraction of sp³-hybridized carbons (Fsp3) is 0.174. The van der Waals surface area contributed by atoms with Crippen LogP contribution in [0.3, 0.4) is 0 Å². The summed E-state index contributed by atoms with van der Waals surface area (Å²) in [6.07, 6.45) is 0. The maximum Gasteiger partial charge on any atom is 0.242 e. The second kappa shape index (κ2) is 8.30. The van der Waals surface area contributed by atoms with Crippen LogP contribution in [0.25, 0.3) is 11.0 Å². The van der Waals surface area contributed by atoms with Crippen LogP contribution < -0.4 is 4.74 Å². The quantitative estimate of drug-likeness (QED) is 0.454. The van der Waals surface area contributed by atoms with E-state index in [4.69, 9.17) is 9.72 Å². The van der Waals surface area contributed by atoms with E-state index in [1.54, 1.807) is 18.2 Å². The first-order valence-corrected chi connectivity index (χ1v) is 11.0. The third-order valence-corrected chi connectivity index (χ3v) is 6.67. The zero-order chi connectivity index (χ0) is 21.1. The highest BCUT2D eigenvalue weighted by Gasteiger charge is 2.18. The summed E-state index contributed by atoms with van der Waals surface area (Å²) in [7, 11) is -0.429. The Hall–Kier alpha value is -3.16. The molecule has 1 aromatic heterocycles. The first-order chi connectivity index (χ1) is 14.4. The van der Waals surface area contributed by atoms with E-state index in [-0.39, 0.29) is 4.90 Å². The molecule has 0 N–H and O–H groups in total. The Balaban J connectivity index is 1.68. The average molecular weight is 422 g/mol. The summed E-state index contributed by atoms with van der Waals surface area (Å²) in [5.41, 5.74) is 2.73.